The zero-order chi connectivity index (χ0) is 17.8. The Labute approximate surface area is 157 Å². The molecule has 1 aromatic heterocycles. The van der Waals surface area contributed by atoms with Crippen LogP contribution < -0.4 is 10.2 Å². The lowest BCUT2D eigenvalue weighted by atomic mass is 9.95. The van der Waals surface area contributed by atoms with E-state index in [0.29, 0.717) is 10.0 Å². The van der Waals surface area contributed by atoms with Gasteiger partial charge in [-0.25, -0.2) is 9.97 Å². The molecular formula is C18H20Cl2N4O. The van der Waals surface area contributed by atoms with Crippen LogP contribution in [0.2, 0.25) is 10.0 Å². The summed E-state index contributed by atoms with van der Waals surface area (Å²) in [5.41, 5.74) is 0.942. The predicted molar refractivity (Wildman–Crippen MR) is 100.0 cm³/mol. The summed E-state index contributed by atoms with van der Waals surface area (Å²) < 4.78 is 0. The van der Waals surface area contributed by atoms with Crippen molar-refractivity contribution >= 4 is 35.1 Å². The number of piperidine rings is 1. The molecular weight excluding hydrogens is 359 g/mol. The summed E-state index contributed by atoms with van der Waals surface area (Å²) in [4.78, 5) is 23.2. The molecule has 1 saturated heterocycles. The predicted octanol–water partition coefficient (Wildman–Crippen LogP) is 3.88. The van der Waals surface area contributed by atoms with Crippen molar-refractivity contribution in [3.05, 3.63) is 52.3 Å². The van der Waals surface area contributed by atoms with E-state index in [2.05, 4.69) is 20.2 Å². The first kappa shape index (κ1) is 18.0. The second-order valence-electron chi connectivity index (χ2n) is 6.21. The number of carbonyl (C=O) groups is 1. The Bertz CT molecular complexity index is 733. The molecule has 1 fully saturated rings. The van der Waals surface area contributed by atoms with Crippen LogP contribution in [0.1, 0.15) is 31.4 Å². The maximum Gasteiger partial charge on any atom is 0.225 e. The molecule has 0 unspecified atom stereocenters. The topological polar surface area (TPSA) is 58.1 Å². The molecule has 0 aliphatic carbocycles. The van der Waals surface area contributed by atoms with Gasteiger partial charge in [0.1, 0.15) is 0 Å². The molecule has 2 aromatic rings. The fourth-order valence-corrected chi connectivity index (χ4v) is 3.30. The summed E-state index contributed by atoms with van der Waals surface area (Å²) in [6.45, 7) is 3.51. The van der Waals surface area contributed by atoms with Gasteiger partial charge in [0.25, 0.3) is 0 Å². The van der Waals surface area contributed by atoms with Gasteiger partial charge in [-0.3, -0.25) is 4.79 Å². The summed E-state index contributed by atoms with van der Waals surface area (Å²) in [6.07, 6.45) is 5.05. The smallest absolute Gasteiger partial charge is 0.225 e. The molecule has 1 aromatic carbocycles. The zero-order valence-corrected chi connectivity index (χ0v) is 15.5. The number of carbonyl (C=O) groups excluding carboxylic acids is 1. The average Bonchev–Trinajstić information content (AvgIpc) is 2.64. The van der Waals surface area contributed by atoms with Crippen molar-refractivity contribution in [1.29, 1.82) is 0 Å². The number of hydrogen-bond donors (Lipinski definition) is 1. The van der Waals surface area contributed by atoms with E-state index >= 15 is 0 Å². The van der Waals surface area contributed by atoms with Crippen LogP contribution in [-0.2, 0) is 4.79 Å². The van der Waals surface area contributed by atoms with Crippen LogP contribution in [0.3, 0.4) is 0 Å². The fraction of sp³-hybridized carbons (Fsp3) is 0.389. The Morgan fingerprint density at radius 3 is 2.52 bits per heavy atom. The number of hydrogen-bond acceptors (Lipinski definition) is 4. The molecule has 1 atom stereocenters. The van der Waals surface area contributed by atoms with Gasteiger partial charge in [0.15, 0.2) is 0 Å². The molecule has 1 aliphatic heterocycles. The number of benzene rings is 1. The van der Waals surface area contributed by atoms with E-state index in [-0.39, 0.29) is 17.9 Å². The van der Waals surface area contributed by atoms with Gasteiger partial charge in [-0.2, -0.15) is 0 Å². The minimum atomic E-state index is -0.113. The molecule has 0 radical (unpaired) electrons. The van der Waals surface area contributed by atoms with Gasteiger partial charge >= 0.3 is 0 Å². The van der Waals surface area contributed by atoms with Gasteiger partial charge in [-0.05, 0) is 43.5 Å². The number of nitrogens with zero attached hydrogens (tertiary/aromatic N) is 3. The largest absolute Gasteiger partial charge is 0.349 e. The lowest BCUT2D eigenvalue weighted by Crippen LogP contribution is -2.41. The Hall–Kier alpha value is -1.85. The van der Waals surface area contributed by atoms with Crippen LogP contribution in [0, 0.1) is 5.92 Å². The SMILES string of the molecule is C[C@H](NC(=O)C1CCN(c2ncccn2)CC1)c1ccc(Cl)c(Cl)c1. The van der Waals surface area contributed by atoms with Crippen LogP contribution in [0.15, 0.2) is 36.7 Å². The van der Waals surface area contributed by atoms with Crippen molar-refractivity contribution in [2.24, 2.45) is 5.92 Å². The Morgan fingerprint density at radius 1 is 1.20 bits per heavy atom. The van der Waals surface area contributed by atoms with Gasteiger partial charge in [-0.15, -0.1) is 0 Å². The summed E-state index contributed by atoms with van der Waals surface area (Å²) in [6, 6.07) is 7.12. The van der Waals surface area contributed by atoms with Gasteiger partial charge in [0, 0.05) is 31.4 Å². The van der Waals surface area contributed by atoms with Gasteiger partial charge in [0.2, 0.25) is 11.9 Å². The molecule has 0 bridgehead atoms. The molecule has 132 valence electrons. The second kappa shape index (κ2) is 8.02. The number of rotatable bonds is 4. The fourth-order valence-electron chi connectivity index (χ4n) is 2.99. The van der Waals surface area contributed by atoms with Gasteiger partial charge in [0.05, 0.1) is 16.1 Å². The molecule has 3 rings (SSSR count). The Balaban J connectivity index is 1.55. The minimum Gasteiger partial charge on any atom is -0.349 e. The van der Waals surface area contributed by atoms with Crippen molar-refractivity contribution in [2.75, 3.05) is 18.0 Å². The molecule has 0 saturated carbocycles. The molecule has 1 amide bonds. The number of amides is 1. The second-order valence-corrected chi connectivity index (χ2v) is 7.03. The Morgan fingerprint density at radius 2 is 1.88 bits per heavy atom. The molecule has 1 N–H and O–H groups in total. The van der Waals surface area contributed by atoms with Crippen molar-refractivity contribution in [3.8, 4) is 0 Å². The first-order valence-electron chi connectivity index (χ1n) is 8.32. The highest BCUT2D eigenvalue weighted by Crippen LogP contribution is 2.26. The van der Waals surface area contributed by atoms with E-state index in [1.54, 1.807) is 30.6 Å². The third-order valence-electron chi connectivity index (χ3n) is 4.50. The highest BCUT2D eigenvalue weighted by atomic mass is 35.5. The normalized spacial score (nSPS) is 16.5. The number of nitrogens with one attached hydrogen (secondary N) is 1. The number of anilines is 1. The molecule has 25 heavy (non-hydrogen) atoms. The number of halogens is 2. The zero-order valence-electron chi connectivity index (χ0n) is 14.0. The van der Waals surface area contributed by atoms with Crippen LogP contribution in [0.4, 0.5) is 5.95 Å². The first-order valence-corrected chi connectivity index (χ1v) is 9.07. The standard InChI is InChI=1S/C18H20Cl2N4O/c1-12(14-3-4-15(19)16(20)11-14)23-17(25)13-5-9-24(10-6-13)18-21-7-2-8-22-18/h2-4,7-8,11-13H,5-6,9-10H2,1H3,(H,23,25)/t12-/m0/s1. The molecule has 0 spiro atoms. The summed E-state index contributed by atoms with van der Waals surface area (Å²) in [7, 11) is 0. The third kappa shape index (κ3) is 4.41. The molecule has 1 aliphatic rings. The molecule has 5 nitrogen and oxygen atoms in total. The van der Waals surface area contributed by atoms with Gasteiger partial charge in [-0.1, -0.05) is 29.3 Å². The van der Waals surface area contributed by atoms with Crippen molar-refractivity contribution < 1.29 is 4.79 Å². The van der Waals surface area contributed by atoms with Gasteiger partial charge < -0.3 is 10.2 Å². The first-order chi connectivity index (χ1) is 12.0. The minimum absolute atomic E-state index is 0.00480. The molecule has 2 heterocycles. The average molecular weight is 379 g/mol. The van der Waals surface area contributed by atoms with Crippen LogP contribution in [0.25, 0.3) is 0 Å². The van der Waals surface area contributed by atoms with Crippen molar-refractivity contribution in [3.63, 3.8) is 0 Å². The van der Waals surface area contributed by atoms with Crippen LogP contribution >= 0.6 is 23.2 Å². The Kier molecular flexibility index (Phi) is 5.76. The van der Waals surface area contributed by atoms with Crippen LogP contribution in [-0.4, -0.2) is 29.0 Å². The quantitative estimate of drug-likeness (QED) is 0.876. The third-order valence-corrected chi connectivity index (χ3v) is 5.24. The highest BCUT2D eigenvalue weighted by Gasteiger charge is 2.27. The highest BCUT2D eigenvalue weighted by molar-refractivity contribution is 6.42. The van der Waals surface area contributed by atoms with Crippen molar-refractivity contribution in [2.45, 2.75) is 25.8 Å². The van der Waals surface area contributed by atoms with E-state index in [1.807, 2.05) is 13.0 Å². The van der Waals surface area contributed by atoms with E-state index in [9.17, 15) is 4.79 Å². The lowest BCUT2D eigenvalue weighted by molar-refractivity contribution is -0.126. The van der Waals surface area contributed by atoms with Crippen LogP contribution in [0.5, 0.6) is 0 Å². The van der Waals surface area contributed by atoms with E-state index in [4.69, 9.17) is 23.2 Å². The monoisotopic (exact) mass is 378 g/mol. The van der Waals surface area contributed by atoms with Crippen molar-refractivity contribution in [1.82, 2.24) is 15.3 Å². The summed E-state index contributed by atoms with van der Waals surface area (Å²) in [5.74, 6) is 0.808. The maximum absolute atomic E-state index is 12.6. The van der Waals surface area contributed by atoms with E-state index in [1.165, 1.54) is 0 Å². The molecule has 7 heteroatoms. The summed E-state index contributed by atoms with van der Waals surface area (Å²) >= 11 is 12.0. The maximum atomic E-state index is 12.6. The van der Waals surface area contributed by atoms with E-state index in [0.717, 1.165) is 37.4 Å². The summed E-state index contributed by atoms with van der Waals surface area (Å²) in [5, 5.41) is 4.09. The number of aromatic nitrogens is 2. The lowest BCUT2D eigenvalue weighted by Gasteiger charge is -2.31. The van der Waals surface area contributed by atoms with E-state index < -0.39 is 0 Å².